The summed E-state index contributed by atoms with van der Waals surface area (Å²) in [6.45, 7) is 4.39. The molecule has 0 spiro atoms. The molecular formula is C8H20OSSi. The van der Waals surface area contributed by atoms with E-state index < -0.39 is 0 Å². The van der Waals surface area contributed by atoms with E-state index in [-0.39, 0.29) is 9.76 Å². The van der Waals surface area contributed by atoms with Crippen LogP contribution in [0.25, 0.3) is 0 Å². The molecule has 0 N–H and O–H groups in total. The molecule has 0 aliphatic heterocycles. The summed E-state index contributed by atoms with van der Waals surface area (Å²) in [6.07, 6.45) is 4.12. The summed E-state index contributed by atoms with van der Waals surface area (Å²) < 4.78 is 5.75. The van der Waals surface area contributed by atoms with Crippen molar-refractivity contribution in [1.82, 2.24) is 0 Å². The predicted molar refractivity (Wildman–Crippen MR) is 57.3 cm³/mol. The van der Waals surface area contributed by atoms with Gasteiger partial charge >= 0.3 is 0 Å². The lowest BCUT2D eigenvalue weighted by molar-refractivity contribution is 0.202. The molecule has 0 heterocycles. The molecule has 0 bridgehead atoms. The van der Waals surface area contributed by atoms with Crippen molar-refractivity contribution in [2.45, 2.75) is 45.3 Å². The Kier molecular flexibility index (Phi) is 9.03. The highest BCUT2D eigenvalue weighted by Crippen LogP contribution is 2.03. The van der Waals surface area contributed by atoms with E-state index >= 15 is 0 Å². The molecule has 0 saturated carbocycles. The Labute approximate surface area is 78.3 Å². The highest BCUT2D eigenvalue weighted by Gasteiger charge is 2.01. The lowest BCUT2D eigenvalue weighted by atomic mass is 10.2. The van der Waals surface area contributed by atoms with E-state index in [0.29, 0.717) is 6.10 Å². The van der Waals surface area contributed by atoms with Crippen LogP contribution >= 0.6 is 12.6 Å². The van der Waals surface area contributed by atoms with Crippen molar-refractivity contribution >= 4 is 22.4 Å². The van der Waals surface area contributed by atoms with Crippen molar-refractivity contribution < 1.29 is 4.43 Å². The molecule has 11 heavy (non-hydrogen) atoms. The highest BCUT2D eigenvalue weighted by molar-refractivity contribution is 7.80. The molecule has 0 saturated heterocycles. The minimum atomic E-state index is -0.218. The van der Waals surface area contributed by atoms with E-state index in [0.717, 1.165) is 5.75 Å². The number of thiol groups is 1. The number of hydrogen-bond acceptors (Lipinski definition) is 2. The maximum atomic E-state index is 5.75. The van der Waals surface area contributed by atoms with E-state index in [1.54, 1.807) is 0 Å². The minimum Gasteiger partial charge on any atom is -0.421 e. The van der Waals surface area contributed by atoms with Crippen molar-refractivity contribution in [3.8, 4) is 0 Å². The summed E-state index contributed by atoms with van der Waals surface area (Å²) in [5, 5.41) is 0. The minimum absolute atomic E-state index is 0.218. The molecule has 0 amide bonds. The Morgan fingerprint density at radius 2 is 2.00 bits per heavy atom. The topological polar surface area (TPSA) is 9.23 Å². The van der Waals surface area contributed by atoms with Crippen LogP contribution in [-0.2, 0) is 4.43 Å². The van der Waals surface area contributed by atoms with Crippen LogP contribution in [0.4, 0.5) is 0 Å². The summed E-state index contributed by atoms with van der Waals surface area (Å²) in [7, 11) is -0.218. The molecule has 0 atom stereocenters. The molecule has 0 fully saturated rings. The van der Waals surface area contributed by atoms with Gasteiger partial charge in [0.25, 0.3) is 0 Å². The van der Waals surface area contributed by atoms with Gasteiger partial charge in [0.2, 0.25) is 0 Å². The first kappa shape index (κ1) is 11.5. The van der Waals surface area contributed by atoms with E-state index in [9.17, 15) is 0 Å². The Bertz CT molecular complexity index is 76.5. The van der Waals surface area contributed by atoms with Crippen LogP contribution in [-0.4, -0.2) is 21.6 Å². The van der Waals surface area contributed by atoms with Crippen molar-refractivity contribution in [3.63, 3.8) is 0 Å². The summed E-state index contributed by atoms with van der Waals surface area (Å²) in [6, 6.07) is 1.29. The third kappa shape index (κ3) is 6.91. The van der Waals surface area contributed by atoms with Crippen LogP contribution in [0.15, 0.2) is 0 Å². The zero-order chi connectivity index (χ0) is 8.53. The van der Waals surface area contributed by atoms with E-state index in [1.807, 2.05) is 0 Å². The third-order valence-electron chi connectivity index (χ3n) is 1.82. The van der Waals surface area contributed by atoms with Gasteiger partial charge in [-0.05, 0) is 31.1 Å². The van der Waals surface area contributed by atoms with Gasteiger partial charge < -0.3 is 4.43 Å². The third-order valence-corrected chi connectivity index (χ3v) is 3.63. The zero-order valence-corrected chi connectivity index (χ0v) is 9.98. The monoisotopic (exact) mass is 192 g/mol. The second-order valence-electron chi connectivity index (χ2n) is 2.74. The number of hydrogen-bond donors (Lipinski definition) is 1. The average Bonchev–Trinajstić information content (AvgIpc) is 2.05. The largest absolute Gasteiger partial charge is 0.421 e. The van der Waals surface area contributed by atoms with E-state index in [1.165, 1.54) is 25.3 Å². The second-order valence-corrected chi connectivity index (χ2v) is 4.64. The second kappa shape index (κ2) is 8.62. The first-order chi connectivity index (χ1) is 5.35. The Balaban J connectivity index is 3.07. The fraction of sp³-hybridized carbons (Fsp3) is 1.00. The maximum absolute atomic E-state index is 5.75. The smallest absolute Gasteiger partial charge is 0.162 e. The van der Waals surface area contributed by atoms with Crippen molar-refractivity contribution in [2.24, 2.45) is 0 Å². The highest BCUT2D eigenvalue weighted by atomic mass is 32.1. The Morgan fingerprint density at radius 3 is 2.45 bits per heavy atom. The molecule has 0 rings (SSSR count). The maximum Gasteiger partial charge on any atom is 0.162 e. The molecule has 0 aliphatic carbocycles. The van der Waals surface area contributed by atoms with Crippen LogP contribution in [0.2, 0.25) is 6.04 Å². The normalized spacial score (nSPS) is 12.0. The van der Waals surface area contributed by atoms with Gasteiger partial charge in [-0.3, -0.25) is 0 Å². The van der Waals surface area contributed by atoms with E-state index in [4.69, 9.17) is 4.43 Å². The fourth-order valence-corrected chi connectivity index (χ4v) is 3.06. The molecular weight excluding hydrogens is 172 g/mol. The van der Waals surface area contributed by atoms with Gasteiger partial charge in [-0.1, -0.05) is 13.8 Å². The molecule has 3 heteroatoms. The molecule has 0 aromatic heterocycles. The molecule has 68 valence electrons. The number of rotatable bonds is 7. The molecule has 0 aliphatic rings. The Hall–Kier alpha value is 0.527. The van der Waals surface area contributed by atoms with Crippen molar-refractivity contribution in [2.75, 3.05) is 5.75 Å². The van der Waals surface area contributed by atoms with Crippen LogP contribution < -0.4 is 0 Å². The van der Waals surface area contributed by atoms with Gasteiger partial charge in [-0.2, -0.15) is 12.6 Å². The standard InChI is InChI=1S/C8H20OSSi/c1-3-8(4-2)9-11-7-5-6-10/h8,10H,3-7,11H2,1-2H3. The molecule has 1 nitrogen and oxygen atoms in total. The van der Waals surface area contributed by atoms with Crippen LogP contribution in [0, 0.1) is 0 Å². The molecule has 0 aromatic rings. The van der Waals surface area contributed by atoms with Crippen molar-refractivity contribution in [1.29, 1.82) is 0 Å². The van der Waals surface area contributed by atoms with Gasteiger partial charge in [0, 0.05) is 6.10 Å². The quantitative estimate of drug-likeness (QED) is 0.369. The van der Waals surface area contributed by atoms with Crippen LogP contribution in [0.3, 0.4) is 0 Å². The molecule has 0 radical (unpaired) electrons. The lowest BCUT2D eigenvalue weighted by Gasteiger charge is -2.13. The van der Waals surface area contributed by atoms with Gasteiger partial charge in [0.1, 0.15) is 0 Å². The predicted octanol–water partition coefficient (Wildman–Crippen LogP) is 2.01. The summed E-state index contributed by atoms with van der Waals surface area (Å²) in [4.78, 5) is 0. The van der Waals surface area contributed by atoms with Crippen molar-refractivity contribution in [3.05, 3.63) is 0 Å². The molecule has 0 aromatic carbocycles. The molecule has 0 unspecified atom stereocenters. The first-order valence-corrected chi connectivity index (χ1v) is 6.78. The van der Waals surface area contributed by atoms with Crippen LogP contribution in [0.1, 0.15) is 33.1 Å². The first-order valence-electron chi connectivity index (χ1n) is 4.57. The van der Waals surface area contributed by atoms with Gasteiger partial charge in [-0.25, -0.2) is 0 Å². The van der Waals surface area contributed by atoms with E-state index in [2.05, 4.69) is 26.5 Å². The fourth-order valence-electron chi connectivity index (χ4n) is 0.988. The Morgan fingerprint density at radius 1 is 1.36 bits per heavy atom. The SMILES string of the molecule is CCC(CC)O[SiH2]CCCS. The van der Waals surface area contributed by atoms with Gasteiger partial charge in [-0.15, -0.1) is 0 Å². The summed E-state index contributed by atoms with van der Waals surface area (Å²) in [5.41, 5.74) is 0. The van der Waals surface area contributed by atoms with Gasteiger partial charge in [0.05, 0.1) is 0 Å². The summed E-state index contributed by atoms with van der Waals surface area (Å²) >= 11 is 4.16. The lowest BCUT2D eigenvalue weighted by Crippen LogP contribution is -2.13. The van der Waals surface area contributed by atoms with Gasteiger partial charge in [0.15, 0.2) is 9.76 Å². The average molecular weight is 192 g/mol. The van der Waals surface area contributed by atoms with Crippen LogP contribution in [0.5, 0.6) is 0 Å². The summed E-state index contributed by atoms with van der Waals surface area (Å²) in [5.74, 6) is 1.01. The zero-order valence-electron chi connectivity index (χ0n) is 7.68.